The van der Waals surface area contributed by atoms with Crippen LogP contribution in [-0.4, -0.2) is 6.61 Å². The zero-order valence-electron chi connectivity index (χ0n) is 21.3. The molecule has 0 spiro atoms. The van der Waals surface area contributed by atoms with Crippen LogP contribution in [0.25, 0.3) is 0 Å². The van der Waals surface area contributed by atoms with Crippen LogP contribution in [0, 0.1) is 41.2 Å². The van der Waals surface area contributed by atoms with Crippen LogP contribution >= 0.6 is 0 Å². The van der Waals surface area contributed by atoms with Crippen molar-refractivity contribution in [3.05, 3.63) is 53.6 Å². The summed E-state index contributed by atoms with van der Waals surface area (Å²) in [6.07, 6.45) is 23.9. The summed E-state index contributed by atoms with van der Waals surface area (Å²) in [5.41, 5.74) is 0.824. The summed E-state index contributed by atoms with van der Waals surface area (Å²) in [5, 5.41) is 0. The second kappa shape index (κ2) is 12.4. The number of rotatable bonds is 8. The van der Waals surface area contributed by atoms with E-state index in [1.54, 1.807) is 6.08 Å². The molecule has 3 heteroatoms. The lowest BCUT2D eigenvalue weighted by atomic mass is 9.60. The molecule has 4 rings (SSSR count). The summed E-state index contributed by atoms with van der Waals surface area (Å²) in [6.45, 7) is 4.17. The van der Waals surface area contributed by atoms with E-state index in [0.29, 0.717) is 0 Å². The number of allylic oxidation sites excluding steroid dienone is 3. The fraction of sp³-hybridized carbons (Fsp3) is 0.677. The van der Waals surface area contributed by atoms with Gasteiger partial charge in [-0.2, -0.15) is 0 Å². The van der Waals surface area contributed by atoms with Gasteiger partial charge in [-0.3, -0.25) is 0 Å². The Bertz CT molecular complexity index is 813. The predicted molar refractivity (Wildman–Crippen MR) is 137 cm³/mol. The van der Waals surface area contributed by atoms with Gasteiger partial charge in [0.2, 0.25) is 0 Å². The van der Waals surface area contributed by atoms with E-state index in [1.165, 1.54) is 76.3 Å². The number of ether oxygens (including phenoxy) is 1. The van der Waals surface area contributed by atoms with Crippen molar-refractivity contribution in [3.8, 4) is 5.75 Å². The molecule has 0 N–H and O–H groups in total. The average Bonchev–Trinajstić information content (AvgIpc) is 2.85. The summed E-state index contributed by atoms with van der Waals surface area (Å²) >= 11 is 0. The number of benzene rings is 1. The molecule has 0 saturated heterocycles. The molecule has 1 aromatic carbocycles. The number of hydrogen-bond acceptors (Lipinski definition) is 1. The molecule has 4 unspecified atom stereocenters. The summed E-state index contributed by atoms with van der Waals surface area (Å²) in [5.74, 6) is 3.25. The Kier molecular flexibility index (Phi) is 9.25. The topological polar surface area (TPSA) is 9.23 Å². The van der Waals surface area contributed by atoms with Gasteiger partial charge in [0.15, 0.2) is 17.4 Å². The molecule has 3 saturated carbocycles. The van der Waals surface area contributed by atoms with Gasteiger partial charge in [-0.1, -0.05) is 37.1 Å². The van der Waals surface area contributed by atoms with Crippen molar-refractivity contribution in [1.29, 1.82) is 0 Å². The SMILES string of the molecule is C/C=C/CCC1CCC(C2CCC3CC(c4cc(F)c(OC/C=C/C)c(F)c4)CCC3C2)CC1. The molecule has 0 aromatic heterocycles. The Morgan fingerprint density at radius 1 is 0.765 bits per heavy atom. The highest BCUT2D eigenvalue weighted by Gasteiger charge is 2.39. The Morgan fingerprint density at radius 2 is 1.35 bits per heavy atom. The molecule has 0 bridgehead atoms. The molecule has 0 radical (unpaired) electrons. The fourth-order valence-corrected chi connectivity index (χ4v) is 7.28. The third-order valence-corrected chi connectivity index (χ3v) is 9.24. The maximum absolute atomic E-state index is 14.6. The van der Waals surface area contributed by atoms with E-state index in [1.807, 2.05) is 13.0 Å². The normalized spacial score (nSPS) is 32.2. The number of halogens is 2. The molecule has 0 heterocycles. The molecular formula is C31H44F2O. The number of fused-ring (bicyclic) bond motifs is 1. The molecule has 4 atom stereocenters. The summed E-state index contributed by atoms with van der Waals surface area (Å²) in [7, 11) is 0. The van der Waals surface area contributed by atoms with E-state index in [9.17, 15) is 8.78 Å². The van der Waals surface area contributed by atoms with Crippen LogP contribution in [0.2, 0.25) is 0 Å². The van der Waals surface area contributed by atoms with Crippen molar-refractivity contribution in [3.63, 3.8) is 0 Å². The van der Waals surface area contributed by atoms with Crippen molar-refractivity contribution in [2.24, 2.45) is 29.6 Å². The molecule has 3 aliphatic rings. The zero-order valence-corrected chi connectivity index (χ0v) is 21.3. The van der Waals surface area contributed by atoms with E-state index in [4.69, 9.17) is 4.74 Å². The Hall–Kier alpha value is -1.64. The zero-order chi connectivity index (χ0) is 23.9. The van der Waals surface area contributed by atoms with E-state index in [-0.39, 0.29) is 18.3 Å². The van der Waals surface area contributed by atoms with Crippen molar-refractivity contribution in [1.82, 2.24) is 0 Å². The largest absolute Gasteiger partial charge is 0.483 e. The Labute approximate surface area is 206 Å². The minimum atomic E-state index is -0.563. The van der Waals surface area contributed by atoms with Crippen LogP contribution in [0.4, 0.5) is 8.78 Å². The van der Waals surface area contributed by atoms with E-state index >= 15 is 0 Å². The summed E-state index contributed by atoms with van der Waals surface area (Å²) < 4.78 is 34.5. The maximum atomic E-state index is 14.6. The molecule has 34 heavy (non-hydrogen) atoms. The van der Waals surface area contributed by atoms with Gasteiger partial charge < -0.3 is 4.74 Å². The average molecular weight is 471 g/mol. The van der Waals surface area contributed by atoms with Crippen LogP contribution in [0.5, 0.6) is 5.75 Å². The van der Waals surface area contributed by atoms with Crippen molar-refractivity contribution >= 4 is 0 Å². The van der Waals surface area contributed by atoms with Gasteiger partial charge in [0.05, 0.1) is 0 Å². The van der Waals surface area contributed by atoms with Crippen molar-refractivity contribution in [2.45, 2.75) is 96.8 Å². The van der Waals surface area contributed by atoms with Gasteiger partial charge in [-0.15, -0.1) is 0 Å². The summed E-state index contributed by atoms with van der Waals surface area (Å²) in [6, 6.07) is 3.05. The molecule has 0 amide bonds. The molecule has 1 nitrogen and oxygen atoms in total. The molecule has 3 fully saturated rings. The first-order valence-electron chi connectivity index (χ1n) is 13.9. The molecule has 1 aromatic rings. The third-order valence-electron chi connectivity index (χ3n) is 9.24. The van der Waals surface area contributed by atoms with Crippen molar-refractivity contribution in [2.75, 3.05) is 6.61 Å². The molecule has 3 aliphatic carbocycles. The smallest absolute Gasteiger partial charge is 0.191 e. The monoisotopic (exact) mass is 470 g/mol. The minimum absolute atomic E-state index is 0.190. The van der Waals surface area contributed by atoms with Crippen molar-refractivity contribution < 1.29 is 13.5 Å². The highest BCUT2D eigenvalue weighted by molar-refractivity contribution is 5.33. The molecule has 0 aliphatic heterocycles. The lowest BCUT2D eigenvalue weighted by Crippen LogP contribution is -2.34. The number of hydrogen-bond donors (Lipinski definition) is 0. The molecule has 188 valence electrons. The van der Waals surface area contributed by atoms with Crippen LogP contribution in [0.3, 0.4) is 0 Å². The Balaban J connectivity index is 1.28. The van der Waals surface area contributed by atoms with E-state index < -0.39 is 11.6 Å². The lowest BCUT2D eigenvalue weighted by molar-refractivity contribution is 0.0712. The Morgan fingerprint density at radius 3 is 2.03 bits per heavy atom. The predicted octanol–water partition coefficient (Wildman–Crippen LogP) is 9.38. The van der Waals surface area contributed by atoms with E-state index in [2.05, 4.69) is 19.1 Å². The summed E-state index contributed by atoms with van der Waals surface area (Å²) in [4.78, 5) is 0. The van der Waals surface area contributed by atoms with Gasteiger partial charge in [0, 0.05) is 0 Å². The quantitative estimate of drug-likeness (QED) is 0.344. The van der Waals surface area contributed by atoms with Gasteiger partial charge in [-0.05, 0) is 131 Å². The van der Waals surface area contributed by atoms with Gasteiger partial charge in [-0.25, -0.2) is 8.78 Å². The third kappa shape index (κ3) is 6.32. The van der Waals surface area contributed by atoms with Crippen LogP contribution < -0.4 is 4.74 Å². The molecular weight excluding hydrogens is 426 g/mol. The van der Waals surface area contributed by atoms with Gasteiger partial charge in [0.25, 0.3) is 0 Å². The van der Waals surface area contributed by atoms with Crippen LogP contribution in [0.1, 0.15) is 102 Å². The fourth-order valence-electron chi connectivity index (χ4n) is 7.28. The highest BCUT2D eigenvalue weighted by atomic mass is 19.1. The van der Waals surface area contributed by atoms with Crippen LogP contribution in [-0.2, 0) is 0 Å². The van der Waals surface area contributed by atoms with E-state index in [0.717, 1.165) is 48.0 Å². The standard InChI is InChI=1S/C31H44F2O/c1-3-5-7-8-22-9-11-23(12-10-22)24-13-14-26-19-27(16-15-25(26)18-24)28-20-29(32)31(30(33)21-28)34-17-6-4-2/h3-6,20-27H,7-19H2,1-2H3/b5-3+,6-4+. The maximum Gasteiger partial charge on any atom is 0.191 e. The first kappa shape index (κ1) is 25.5. The first-order chi connectivity index (χ1) is 16.6. The first-order valence-corrected chi connectivity index (χ1v) is 13.9. The second-order valence-electron chi connectivity index (χ2n) is 11.2. The van der Waals surface area contributed by atoms with Gasteiger partial charge in [0.1, 0.15) is 6.61 Å². The lowest BCUT2D eigenvalue weighted by Gasteiger charge is -2.45. The minimum Gasteiger partial charge on any atom is -0.483 e. The second-order valence-corrected chi connectivity index (χ2v) is 11.2. The highest BCUT2D eigenvalue weighted by Crippen LogP contribution is 2.51. The van der Waals surface area contributed by atoms with Gasteiger partial charge >= 0.3 is 0 Å². The van der Waals surface area contributed by atoms with Crippen LogP contribution in [0.15, 0.2) is 36.4 Å².